The molecular formula is C13H15F2N. The van der Waals surface area contributed by atoms with Gasteiger partial charge in [0.2, 0.25) is 0 Å². The fourth-order valence-electron chi connectivity index (χ4n) is 1.67. The van der Waals surface area contributed by atoms with Crippen molar-refractivity contribution < 1.29 is 8.78 Å². The van der Waals surface area contributed by atoms with E-state index in [2.05, 4.69) is 11.2 Å². The Morgan fingerprint density at radius 1 is 1.38 bits per heavy atom. The lowest BCUT2D eigenvalue weighted by Crippen LogP contribution is -2.23. The Bertz CT molecular complexity index is 362. The van der Waals surface area contributed by atoms with Crippen LogP contribution in [-0.4, -0.2) is 6.54 Å². The minimum atomic E-state index is -0.525. The third-order valence-corrected chi connectivity index (χ3v) is 2.38. The van der Waals surface area contributed by atoms with Crippen molar-refractivity contribution in [3.05, 3.63) is 35.4 Å². The van der Waals surface area contributed by atoms with Crippen LogP contribution in [-0.2, 0) is 0 Å². The van der Waals surface area contributed by atoms with Crippen molar-refractivity contribution in [3.8, 4) is 12.3 Å². The Kier molecular flexibility index (Phi) is 4.94. The van der Waals surface area contributed by atoms with Crippen molar-refractivity contribution in [2.75, 3.05) is 6.54 Å². The van der Waals surface area contributed by atoms with Gasteiger partial charge in [0.15, 0.2) is 0 Å². The molecule has 0 saturated carbocycles. The lowest BCUT2D eigenvalue weighted by molar-refractivity contribution is 0.458. The third-order valence-electron chi connectivity index (χ3n) is 2.38. The highest BCUT2D eigenvalue weighted by molar-refractivity contribution is 5.23. The maximum absolute atomic E-state index is 13.5. The Morgan fingerprint density at radius 2 is 2.00 bits per heavy atom. The molecule has 1 rings (SSSR count). The Balaban J connectivity index is 2.96. The van der Waals surface area contributed by atoms with Gasteiger partial charge < -0.3 is 5.32 Å². The first-order valence-electron chi connectivity index (χ1n) is 5.31. The van der Waals surface area contributed by atoms with E-state index in [0.717, 1.165) is 0 Å². The minimum absolute atomic E-state index is 0.0830. The molecule has 0 aromatic heterocycles. The summed E-state index contributed by atoms with van der Waals surface area (Å²) < 4.78 is 27.0. The van der Waals surface area contributed by atoms with Crippen LogP contribution in [0, 0.1) is 24.0 Å². The molecule has 1 N–H and O–H groups in total. The molecule has 86 valence electrons. The summed E-state index contributed by atoms with van der Waals surface area (Å²) in [5.74, 6) is 1.43. The van der Waals surface area contributed by atoms with Gasteiger partial charge in [-0.2, -0.15) is 0 Å². The molecule has 0 bridgehead atoms. The van der Waals surface area contributed by atoms with Crippen LogP contribution in [0.5, 0.6) is 0 Å². The number of benzene rings is 1. The van der Waals surface area contributed by atoms with Gasteiger partial charge >= 0.3 is 0 Å². The third kappa shape index (κ3) is 3.04. The second-order valence-electron chi connectivity index (χ2n) is 3.49. The van der Waals surface area contributed by atoms with E-state index in [0.29, 0.717) is 19.4 Å². The minimum Gasteiger partial charge on any atom is -0.310 e. The van der Waals surface area contributed by atoms with Crippen molar-refractivity contribution in [1.29, 1.82) is 0 Å². The summed E-state index contributed by atoms with van der Waals surface area (Å²) in [6, 6.07) is 3.53. The van der Waals surface area contributed by atoms with Crippen molar-refractivity contribution in [2.24, 2.45) is 0 Å². The van der Waals surface area contributed by atoms with Gasteiger partial charge in [-0.25, -0.2) is 8.78 Å². The molecule has 3 heteroatoms. The van der Waals surface area contributed by atoms with Gasteiger partial charge in [-0.1, -0.05) is 13.0 Å². The van der Waals surface area contributed by atoms with E-state index in [1.54, 1.807) is 0 Å². The summed E-state index contributed by atoms with van der Waals surface area (Å²) >= 11 is 0. The van der Waals surface area contributed by atoms with Gasteiger partial charge in [0.1, 0.15) is 11.6 Å². The van der Waals surface area contributed by atoms with E-state index in [-0.39, 0.29) is 11.6 Å². The lowest BCUT2D eigenvalue weighted by Gasteiger charge is -2.18. The van der Waals surface area contributed by atoms with Gasteiger partial charge in [0.05, 0.1) is 0 Å². The average Bonchev–Trinajstić information content (AvgIpc) is 2.25. The zero-order valence-corrected chi connectivity index (χ0v) is 9.26. The quantitative estimate of drug-likeness (QED) is 0.756. The molecule has 0 amide bonds. The summed E-state index contributed by atoms with van der Waals surface area (Å²) in [7, 11) is 0. The predicted octanol–water partition coefficient (Wildman–Crippen LogP) is 3.03. The standard InChI is InChI=1S/C13H15F2N/c1-3-5-9-12(16-4-2)13-10(14)7-6-8-11(13)15/h1,6-8,12,16H,4-5,9H2,2H3. The molecule has 1 aromatic rings. The molecule has 0 aliphatic carbocycles. The molecule has 1 atom stereocenters. The van der Waals surface area contributed by atoms with E-state index in [4.69, 9.17) is 6.42 Å². The smallest absolute Gasteiger partial charge is 0.130 e. The highest BCUT2D eigenvalue weighted by atomic mass is 19.1. The van der Waals surface area contributed by atoms with Crippen molar-refractivity contribution in [1.82, 2.24) is 5.32 Å². The molecule has 0 heterocycles. The topological polar surface area (TPSA) is 12.0 Å². The largest absolute Gasteiger partial charge is 0.310 e. The van der Waals surface area contributed by atoms with Crippen LogP contribution in [0.3, 0.4) is 0 Å². The van der Waals surface area contributed by atoms with Crippen molar-refractivity contribution in [2.45, 2.75) is 25.8 Å². The first kappa shape index (κ1) is 12.7. The zero-order chi connectivity index (χ0) is 12.0. The summed E-state index contributed by atoms with van der Waals surface area (Å²) in [5.41, 5.74) is 0.0830. The normalized spacial score (nSPS) is 12.1. The van der Waals surface area contributed by atoms with Crippen LogP contribution in [0.1, 0.15) is 31.4 Å². The molecular weight excluding hydrogens is 208 g/mol. The monoisotopic (exact) mass is 223 g/mol. The van der Waals surface area contributed by atoms with E-state index in [1.165, 1.54) is 18.2 Å². The molecule has 0 fully saturated rings. The maximum Gasteiger partial charge on any atom is 0.130 e. The number of hydrogen-bond donors (Lipinski definition) is 1. The molecule has 0 saturated heterocycles. The average molecular weight is 223 g/mol. The highest BCUT2D eigenvalue weighted by Crippen LogP contribution is 2.24. The van der Waals surface area contributed by atoms with Crippen LogP contribution in [0.25, 0.3) is 0 Å². The molecule has 0 spiro atoms. The first-order valence-corrected chi connectivity index (χ1v) is 5.31. The van der Waals surface area contributed by atoms with Crippen LogP contribution in [0.2, 0.25) is 0 Å². The zero-order valence-electron chi connectivity index (χ0n) is 9.26. The lowest BCUT2D eigenvalue weighted by atomic mass is 10.0. The molecule has 0 aliphatic rings. The first-order chi connectivity index (χ1) is 7.70. The maximum atomic E-state index is 13.5. The predicted molar refractivity (Wildman–Crippen MR) is 60.8 cm³/mol. The number of hydrogen-bond acceptors (Lipinski definition) is 1. The second-order valence-corrected chi connectivity index (χ2v) is 3.49. The highest BCUT2D eigenvalue weighted by Gasteiger charge is 2.18. The Hall–Kier alpha value is -1.40. The van der Waals surface area contributed by atoms with Crippen LogP contribution >= 0.6 is 0 Å². The van der Waals surface area contributed by atoms with E-state index < -0.39 is 11.6 Å². The molecule has 1 nitrogen and oxygen atoms in total. The summed E-state index contributed by atoms with van der Waals surface area (Å²) in [4.78, 5) is 0. The van der Waals surface area contributed by atoms with Gasteiger partial charge in [0.25, 0.3) is 0 Å². The second kappa shape index (κ2) is 6.24. The van der Waals surface area contributed by atoms with E-state index in [9.17, 15) is 8.78 Å². The van der Waals surface area contributed by atoms with Gasteiger partial charge in [0, 0.05) is 18.0 Å². The summed E-state index contributed by atoms with van der Waals surface area (Å²) in [6.45, 7) is 2.53. The van der Waals surface area contributed by atoms with Gasteiger partial charge in [-0.15, -0.1) is 12.3 Å². The number of rotatable bonds is 5. The van der Waals surface area contributed by atoms with Crippen molar-refractivity contribution in [3.63, 3.8) is 0 Å². The van der Waals surface area contributed by atoms with Gasteiger partial charge in [-0.05, 0) is 25.1 Å². The molecule has 16 heavy (non-hydrogen) atoms. The fourth-order valence-corrected chi connectivity index (χ4v) is 1.67. The Labute approximate surface area is 94.9 Å². The van der Waals surface area contributed by atoms with E-state index >= 15 is 0 Å². The molecule has 0 radical (unpaired) electrons. The van der Waals surface area contributed by atoms with Crippen LogP contribution in [0.4, 0.5) is 8.78 Å². The Morgan fingerprint density at radius 3 is 2.50 bits per heavy atom. The number of nitrogens with one attached hydrogen (secondary N) is 1. The SMILES string of the molecule is C#CCCC(NCC)c1c(F)cccc1F. The molecule has 1 unspecified atom stereocenters. The van der Waals surface area contributed by atoms with E-state index in [1.807, 2.05) is 6.92 Å². The van der Waals surface area contributed by atoms with Gasteiger partial charge in [-0.3, -0.25) is 0 Å². The van der Waals surface area contributed by atoms with Crippen LogP contribution < -0.4 is 5.32 Å². The van der Waals surface area contributed by atoms with Crippen LogP contribution in [0.15, 0.2) is 18.2 Å². The molecule has 1 aromatic carbocycles. The number of halogens is 2. The fraction of sp³-hybridized carbons (Fsp3) is 0.385. The summed E-state index contributed by atoms with van der Waals surface area (Å²) in [5, 5.41) is 3.04. The molecule has 0 aliphatic heterocycles. The summed E-state index contributed by atoms with van der Waals surface area (Å²) in [6.07, 6.45) is 6.18. The number of terminal acetylenes is 1. The van der Waals surface area contributed by atoms with Crippen molar-refractivity contribution >= 4 is 0 Å².